The van der Waals surface area contributed by atoms with Crippen molar-refractivity contribution in [2.45, 2.75) is 86.7 Å². The summed E-state index contributed by atoms with van der Waals surface area (Å²) in [5.41, 5.74) is 19.4. The number of hydrogen-bond donors (Lipinski definition) is 4. The van der Waals surface area contributed by atoms with Crippen molar-refractivity contribution >= 4 is 46.6 Å². The zero-order valence-electron chi connectivity index (χ0n) is 38.0. The van der Waals surface area contributed by atoms with Crippen LogP contribution in [-0.2, 0) is 19.7 Å². The zero-order valence-corrected chi connectivity index (χ0v) is 41.2. The van der Waals surface area contributed by atoms with Gasteiger partial charge in [-0.2, -0.15) is 0 Å². The molecule has 5 rings (SSSR count). The standard InChI is InChI=1S/C34H44N4O.C12H17N2O2.CHO2.CH3.K/c1-10-37(11-2)30-20-28-26(18-22(30)5)32(24-16-14-15-17-25(24)33(39)36(9)35)27-19-23(6)31(38(12-3)13-4)21-29(27)34(28,7)8;1-9(16-2)3-8-12(15)14-11-6-4-10(13)5-7-11;2-1-3;;/h14-21,35H,10-13H2,1-9H3;4-7,9H,2-3,8,13H2,1H3,(H,14,15);(H,2,3);1H3;/q;3*-1;+1/p+1. The second-order valence-corrected chi connectivity index (χ2v) is 15.0. The molecule has 320 valence electrons. The van der Waals surface area contributed by atoms with Gasteiger partial charge in [-0.1, -0.05) is 38.5 Å². The van der Waals surface area contributed by atoms with Crippen LogP contribution >= 0.6 is 0 Å². The molecule has 0 bridgehead atoms. The molecule has 0 heterocycles. The molecular formula is C48H66KN6O5-. The molecule has 0 radical (unpaired) electrons. The molecule has 3 aromatic rings. The van der Waals surface area contributed by atoms with Crippen molar-refractivity contribution in [2.24, 2.45) is 5.84 Å². The summed E-state index contributed by atoms with van der Waals surface area (Å²) >= 11 is 0. The number of allylic oxidation sites excluding steroid dienone is 5. The Morgan fingerprint density at radius 2 is 1.57 bits per heavy atom. The fourth-order valence-electron chi connectivity index (χ4n) is 7.52. The van der Waals surface area contributed by atoms with Crippen molar-refractivity contribution in [3.63, 3.8) is 0 Å². The molecule has 12 heteroatoms. The number of ether oxygens (including phenoxy) is 1. The molecule has 2 aliphatic rings. The van der Waals surface area contributed by atoms with Gasteiger partial charge in [0.2, 0.25) is 11.6 Å². The minimum Gasteiger partial charge on any atom is -0.665 e. The number of carbonyl (C=O) groups is 2. The molecule has 0 spiro atoms. The number of nitrogen functional groups attached to an aromatic ring is 1. The summed E-state index contributed by atoms with van der Waals surface area (Å²) in [6.45, 7) is 24.1. The van der Waals surface area contributed by atoms with Crippen LogP contribution in [0.2, 0.25) is 0 Å². The van der Waals surface area contributed by atoms with E-state index in [2.05, 4.69) is 108 Å². The molecule has 0 saturated carbocycles. The predicted octanol–water partition coefficient (Wildman–Crippen LogP) is 5.51. The summed E-state index contributed by atoms with van der Waals surface area (Å²) in [4.78, 5) is 35.5. The summed E-state index contributed by atoms with van der Waals surface area (Å²) in [5.74, 6) is 5.75. The van der Waals surface area contributed by atoms with E-state index in [4.69, 9.17) is 26.2 Å². The van der Waals surface area contributed by atoms with E-state index in [1.165, 1.54) is 49.8 Å². The van der Waals surface area contributed by atoms with Gasteiger partial charge in [0.1, 0.15) is 13.1 Å². The molecule has 3 aromatic carbocycles. The molecule has 0 saturated heterocycles. The van der Waals surface area contributed by atoms with E-state index in [9.17, 15) is 9.59 Å². The van der Waals surface area contributed by atoms with E-state index in [0.717, 1.165) is 43.0 Å². The van der Waals surface area contributed by atoms with E-state index < -0.39 is 0 Å². The van der Waals surface area contributed by atoms with Gasteiger partial charge < -0.3 is 38.0 Å². The van der Waals surface area contributed by atoms with Crippen LogP contribution in [0.15, 0.2) is 89.5 Å². The van der Waals surface area contributed by atoms with Crippen LogP contribution in [0, 0.1) is 21.5 Å². The summed E-state index contributed by atoms with van der Waals surface area (Å²) in [7, 11) is 4.92. The molecule has 0 fully saturated rings. The maximum absolute atomic E-state index is 13.3. The van der Waals surface area contributed by atoms with E-state index in [-0.39, 0.29) is 82.1 Å². The minimum absolute atomic E-state index is 0. The van der Waals surface area contributed by atoms with Gasteiger partial charge in [0, 0.05) is 72.4 Å². The van der Waals surface area contributed by atoms with Crippen molar-refractivity contribution in [3.05, 3.63) is 132 Å². The Bertz CT molecular complexity index is 2060. The van der Waals surface area contributed by atoms with Crippen molar-refractivity contribution in [1.29, 1.82) is 0 Å². The number of benzene rings is 3. The van der Waals surface area contributed by atoms with Gasteiger partial charge in [-0.25, -0.2) is 17.5 Å². The third-order valence-electron chi connectivity index (χ3n) is 10.8. The summed E-state index contributed by atoms with van der Waals surface area (Å²) in [5, 5.41) is 10.7. The minimum atomic E-state index is -0.233. The average molecular weight is 846 g/mol. The first kappa shape index (κ1) is 54.1. The van der Waals surface area contributed by atoms with E-state index in [1.807, 2.05) is 25.1 Å². The molecule has 6 N–H and O–H groups in total. The number of anilines is 3. The Balaban J connectivity index is 0.000000720. The Kier molecular flexibility index (Phi) is 22.7. The van der Waals surface area contributed by atoms with Gasteiger partial charge in [0.05, 0.1) is 0 Å². The zero-order chi connectivity index (χ0) is 43.3. The van der Waals surface area contributed by atoms with Gasteiger partial charge in [0.25, 0.3) is 5.91 Å². The number of hydrazine groups is 1. The second kappa shape index (κ2) is 25.1. The Hall–Kier alpha value is -3.88. The number of aliphatic hydroxyl groups excluding tert-OH is 1. The maximum Gasteiger partial charge on any atom is 1.00 e. The maximum atomic E-state index is 13.3. The number of hydrogen-bond acceptors (Lipinski definition) is 7. The molecule has 60 heavy (non-hydrogen) atoms. The number of rotatable bonds is 12. The monoisotopic (exact) mass is 845 g/mol. The molecule has 2 amide bonds. The topological polar surface area (TPSA) is 154 Å². The van der Waals surface area contributed by atoms with Crippen molar-refractivity contribution in [2.75, 3.05) is 49.2 Å². The summed E-state index contributed by atoms with van der Waals surface area (Å²) in [6.07, 6.45) is 5.81. The van der Waals surface area contributed by atoms with Crippen LogP contribution in [0.4, 0.5) is 17.1 Å². The smallest absolute Gasteiger partial charge is 0.665 e. The van der Waals surface area contributed by atoms with Crippen LogP contribution in [0.5, 0.6) is 0 Å². The van der Waals surface area contributed by atoms with Crippen LogP contribution < -0.4 is 73.2 Å². The van der Waals surface area contributed by atoms with Crippen LogP contribution in [0.3, 0.4) is 0 Å². The first-order valence-electron chi connectivity index (χ1n) is 19.9. The van der Waals surface area contributed by atoms with Crippen molar-refractivity contribution in [3.8, 4) is 0 Å². The molecule has 2 aliphatic carbocycles. The predicted molar refractivity (Wildman–Crippen MR) is 244 cm³/mol. The van der Waals surface area contributed by atoms with Crippen molar-refractivity contribution < 1.29 is 80.2 Å². The van der Waals surface area contributed by atoms with E-state index >= 15 is 0 Å². The Morgan fingerprint density at radius 3 is 2.10 bits per heavy atom. The molecule has 1 unspecified atom stereocenters. The molecule has 0 aromatic heterocycles. The normalized spacial score (nSPS) is 13.7. The fourth-order valence-corrected chi connectivity index (χ4v) is 7.52. The van der Waals surface area contributed by atoms with E-state index in [0.29, 0.717) is 30.6 Å². The number of aryl methyl sites for hydroxylation is 1. The van der Waals surface area contributed by atoms with Crippen LogP contribution in [0.1, 0.15) is 101 Å². The number of fused-ring (bicyclic) bond motifs is 2. The van der Waals surface area contributed by atoms with E-state index in [1.54, 1.807) is 31.3 Å². The first-order chi connectivity index (χ1) is 27.5. The Morgan fingerprint density at radius 1 is 0.983 bits per heavy atom. The third-order valence-corrected chi connectivity index (χ3v) is 10.8. The number of nitrogens with two attached hydrogens (primary N) is 2. The summed E-state index contributed by atoms with van der Waals surface area (Å²) in [6, 6.07) is 19.7. The van der Waals surface area contributed by atoms with Gasteiger partial charge >= 0.3 is 51.4 Å². The third kappa shape index (κ3) is 13.1. The van der Waals surface area contributed by atoms with Gasteiger partial charge in [0.15, 0.2) is 0 Å². The van der Waals surface area contributed by atoms with Crippen molar-refractivity contribution in [1.82, 2.24) is 5.01 Å². The number of carbonyl (C=O) groups excluding carboxylic acids is 2. The number of nitrogens with zero attached hydrogens (tertiary/aromatic N) is 3. The summed E-state index contributed by atoms with van der Waals surface area (Å²) < 4.78 is 7.25. The molecule has 11 nitrogen and oxygen atoms in total. The molecular weight excluding hydrogens is 780 g/mol. The number of amides is 2. The first-order valence-corrected chi connectivity index (χ1v) is 19.9. The fraction of sp³-hybridized carbons (Fsp3) is 0.375. The largest absolute Gasteiger partial charge is 1.00 e. The quantitative estimate of drug-likeness (QED) is 0.0354. The number of nitrogens with one attached hydrogen (secondary N) is 1. The SMILES string of the molecule is CCN(CC)c1cc2c(cc1C)C(c1ccccc1C(=O)N(C)N)=C1C=C(C)C(=[N+](CC)CC)C=C1C2(C)C.O=[C-]O.[CH2-]OC(C)CCC(=O)Nc1ccc(N)cc1.[CH3-].[K+]. The second-order valence-electron chi connectivity index (χ2n) is 15.0. The molecule has 1 atom stereocenters. The van der Waals surface area contributed by atoms with Crippen LogP contribution in [0.25, 0.3) is 5.57 Å². The van der Waals surface area contributed by atoms with Gasteiger partial charge in [-0.05, 0) is 142 Å². The molecule has 0 aliphatic heterocycles. The Labute approximate surface area is 402 Å². The van der Waals surface area contributed by atoms with Crippen LogP contribution in [-0.4, -0.2) is 78.0 Å². The van der Waals surface area contributed by atoms with Gasteiger partial charge in [-0.15, -0.1) is 0 Å². The average Bonchev–Trinajstić information content (AvgIpc) is 3.20. The van der Waals surface area contributed by atoms with Gasteiger partial charge in [-0.3, -0.25) is 14.6 Å².